The van der Waals surface area contributed by atoms with Crippen molar-refractivity contribution in [3.05, 3.63) is 59.4 Å². The Morgan fingerprint density at radius 3 is 2.86 bits per heavy atom. The molecule has 0 aliphatic carbocycles. The standard InChI is InChI=1S/C16H14FN3O2/c1-10-7-14(13-4-3-11(17)8-15(13)19-10)16(21)20(2)9-12-5-6-18-22-12/h3-8H,9H2,1-2H3. The lowest BCUT2D eigenvalue weighted by Gasteiger charge is -2.17. The summed E-state index contributed by atoms with van der Waals surface area (Å²) < 4.78 is 18.4. The van der Waals surface area contributed by atoms with Gasteiger partial charge in [0.25, 0.3) is 5.91 Å². The second kappa shape index (κ2) is 5.55. The fourth-order valence-electron chi connectivity index (χ4n) is 2.35. The zero-order valence-electron chi connectivity index (χ0n) is 12.2. The van der Waals surface area contributed by atoms with Gasteiger partial charge in [0.1, 0.15) is 5.82 Å². The van der Waals surface area contributed by atoms with E-state index in [0.717, 1.165) is 0 Å². The molecular formula is C16H14FN3O2. The number of aryl methyl sites for hydroxylation is 1. The van der Waals surface area contributed by atoms with E-state index in [1.807, 2.05) is 0 Å². The van der Waals surface area contributed by atoms with Crippen LogP contribution in [0, 0.1) is 12.7 Å². The summed E-state index contributed by atoms with van der Waals surface area (Å²) in [6.45, 7) is 2.08. The number of halogens is 1. The van der Waals surface area contributed by atoms with Gasteiger partial charge in [0.05, 0.1) is 23.8 Å². The second-order valence-electron chi connectivity index (χ2n) is 5.11. The molecule has 0 unspecified atom stereocenters. The van der Waals surface area contributed by atoms with Crippen LogP contribution in [0.25, 0.3) is 10.9 Å². The molecule has 0 spiro atoms. The van der Waals surface area contributed by atoms with Gasteiger partial charge in [-0.1, -0.05) is 5.16 Å². The first-order valence-electron chi connectivity index (χ1n) is 6.76. The lowest BCUT2D eigenvalue weighted by atomic mass is 10.1. The maximum Gasteiger partial charge on any atom is 0.254 e. The second-order valence-corrected chi connectivity index (χ2v) is 5.11. The van der Waals surface area contributed by atoms with Crippen molar-refractivity contribution >= 4 is 16.8 Å². The molecule has 0 aliphatic heterocycles. The number of benzene rings is 1. The van der Waals surface area contributed by atoms with Crippen molar-refractivity contribution in [2.45, 2.75) is 13.5 Å². The van der Waals surface area contributed by atoms with Crippen molar-refractivity contribution in [2.24, 2.45) is 0 Å². The van der Waals surface area contributed by atoms with Crippen molar-refractivity contribution < 1.29 is 13.7 Å². The van der Waals surface area contributed by atoms with E-state index in [2.05, 4.69) is 10.1 Å². The fraction of sp³-hybridized carbons (Fsp3) is 0.188. The molecule has 1 aromatic carbocycles. The lowest BCUT2D eigenvalue weighted by molar-refractivity contribution is 0.0774. The fourth-order valence-corrected chi connectivity index (χ4v) is 2.35. The Bertz CT molecular complexity index is 826. The number of carbonyl (C=O) groups is 1. The van der Waals surface area contributed by atoms with Crippen molar-refractivity contribution in [3.8, 4) is 0 Å². The van der Waals surface area contributed by atoms with Crippen LogP contribution in [0.2, 0.25) is 0 Å². The van der Waals surface area contributed by atoms with Crippen molar-refractivity contribution in [3.63, 3.8) is 0 Å². The van der Waals surface area contributed by atoms with Crippen LogP contribution in [0.4, 0.5) is 4.39 Å². The van der Waals surface area contributed by atoms with E-state index < -0.39 is 0 Å². The minimum absolute atomic E-state index is 0.182. The Kier molecular flexibility index (Phi) is 3.58. The van der Waals surface area contributed by atoms with Crippen LogP contribution in [0.1, 0.15) is 21.8 Å². The molecule has 5 nitrogen and oxygen atoms in total. The summed E-state index contributed by atoms with van der Waals surface area (Å²) in [5.74, 6) is 0.0366. The van der Waals surface area contributed by atoms with Gasteiger partial charge in [0.2, 0.25) is 0 Å². The molecule has 0 atom stereocenters. The Labute approximate surface area is 126 Å². The topological polar surface area (TPSA) is 59.2 Å². The zero-order chi connectivity index (χ0) is 15.7. The number of amides is 1. The lowest BCUT2D eigenvalue weighted by Crippen LogP contribution is -2.26. The highest BCUT2D eigenvalue weighted by Gasteiger charge is 2.17. The summed E-state index contributed by atoms with van der Waals surface area (Å²) >= 11 is 0. The molecule has 0 saturated carbocycles. The summed E-state index contributed by atoms with van der Waals surface area (Å²) in [7, 11) is 1.68. The molecule has 112 valence electrons. The van der Waals surface area contributed by atoms with Gasteiger partial charge >= 0.3 is 0 Å². The largest absolute Gasteiger partial charge is 0.360 e. The van der Waals surface area contributed by atoms with E-state index in [1.54, 1.807) is 32.2 Å². The van der Waals surface area contributed by atoms with Gasteiger partial charge in [-0.15, -0.1) is 0 Å². The number of carbonyl (C=O) groups excluding carboxylic acids is 1. The molecule has 0 N–H and O–H groups in total. The highest BCUT2D eigenvalue weighted by molar-refractivity contribution is 6.06. The average Bonchev–Trinajstić information content (AvgIpc) is 2.98. The van der Waals surface area contributed by atoms with Crippen LogP contribution >= 0.6 is 0 Å². The zero-order valence-corrected chi connectivity index (χ0v) is 12.2. The molecule has 2 heterocycles. The van der Waals surface area contributed by atoms with E-state index in [-0.39, 0.29) is 11.7 Å². The molecule has 0 radical (unpaired) electrons. The minimum atomic E-state index is -0.376. The molecular weight excluding hydrogens is 285 g/mol. The molecule has 6 heteroatoms. The first-order valence-corrected chi connectivity index (χ1v) is 6.76. The SMILES string of the molecule is Cc1cc(C(=O)N(C)Cc2ccno2)c2ccc(F)cc2n1. The van der Waals surface area contributed by atoms with Gasteiger partial charge in [-0.05, 0) is 25.1 Å². The Morgan fingerprint density at radius 2 is 2.14 bits per heavy atom. The van der Waals surface area contributed by atoms with Crippen molar-refractivity contribution in [2.75, 3.05) is 7.05 Å². The quantitative estimate of drug-likeness (QED) is 0.746. The number of nitrogens with zero attached hydrogens (tertiary/aromatic N) is 3. The predicted molar refractivity (Wildman–Crippen MR) is 78.7 cm³/mol. The molecule has 0 bridgehead atoms. The smallest absolute Gasteiger partial charge is 0.254 e. The van der Waals surface area contributed by atoms with Crippen LogP contribution in [0.5, 0.6) is 0 Å². The van der Waals surface area contributed by atoms with E-state index in [0.29, 0.717) is 34.5 Å². The van der Waals surface area contributed by atoms with E-state index >= 15 is 0 Å². The average molecular weight is 299 g/mol. The third kappa shape index (κ3) is 2.67. The minimum Gasteiger partial charge on any atom is -0.360 e. The highest BCUT2D eigenvalue weighted by atomic mass is 19.1. The van der Waals surface area contributed by atoms with E-state index in [4.69, 9.17) is 4.52 Å². The van der Waals surface area contributed by atoms with Crippen molar-refractivity contribution in [1.29, 1.82) is 0 Å². The van der Waals surface area contributed by atoms with E-state index in [9.17, 15) is 9.18 Å². The normalized spacial score (nSPS) is 10.9. The highest BCUT2D eigenvalue weighted by Crippen LogP contribution is 2.21. The number of rotatable bonds is 3. The summed E-state index contributed by atoms with van der Waals surface area (Å²) in [4.78, 5) is 18.5. The number of pyridine rings is 1. The number of hydrogen-bond acceptors (Lipinski definition) is 4. The van der Waals surface area contributed by atoms with Gasteiger partial charge in [0, 0.05) is 30.3 Å². The summed E-state index contributed by atoms with van der Waals surface area (Å²) in [5.41, 5.74) is 1.62. The number of aromatic nitrogens is 2. The predicted octanol–water partition coefficient (Wildman–Crippen LogP) is 2.94. The van der Waals surface area contributed by atoms with Gasteiger partial charge in [-0.3, -0.25) is 9.78 Å². The molecule has 0 fully saturated rings. The first kappa shape index (κ1) is 14.2. The molecule has 3 rings (SSSR count). The van der Waals surface area contributed by atoms with Gasteiger partial charge in [-0.25, -0.2) is 4.39 Å². The third-order valence-corrected chi connectivity index (χ3v) is 3.36. The van der Waals surface area contributed by atoms with Crippen LogP contribution in [0.15, 0.2) is 41.1 Å². The number of hydrogen-bond donors (Lipinski definition) is 0. The Morgan fingerprint density at radius 1 is 1.32 bits per heavy atom. The molecule has 1 amide bonds. The van der Waals surface area contributed by atoms with E-state index in [1.165, 1.54) is 23.2 Å². The summed E-state index contributed by atoms with van der Waals surface area (Å²) in [6.07, 6.45) is 1.53. The molecule has 0 saturated heterocycles. The van der Waals surface area contributed by atoms with Crippen LogP contribution in [-0.2, 0) is 6.54 Å². The van der Waals surface area contributed by atoms with Gasteiger partial charge in [0.15, 0.2) is 5.76 Å². The molecule has 0 aliphatic rings. The maximum absolute atomic E-state index is 13.4. The van der Waals surface area contributed by atoms with Crippen molar-refractivity contribution in [1.82, 2.24) is 15.0 Å². The Balaban J connectivity index is 1.99. The maximum atomic E-state index is 13.4. The third-order valence-electron chi connectivity index (χ3n) is 3.36. The van der Waals surface area contributed by atoms with Gasteiger partial charge < -0.3 is 9.42 Å². The van der Waals surface area contributed by atoms with Crippen LogP contribution < -0.4 is 0 Å². The summed E-state index contributed by atoms with van der Waals surface area (Å²) in [6, 6.07) is 7.64. The summed E-state index contributed by atoms with van der Waals surface area (Å²) in [5, 5.41) is 4.24. The molecule has 2 aromatic heterocycles. The first-order chi connectivity index (χ1) is 10.5. The molecule has 22 heavy (non-hydrogen) atoms. The van der Waals surface area contributed by atoms with Crippen LogP contribution in [0.3, 0.4) is 0 Å². The molecule has 3 aromatic rings. The van der Waals surface area contributed by atoms with Crippen LogP contribution in [-0.4, -0.2) is 28.0 Å². The number of fused-ring (bicyclic) bond motifs is 1. The Hall–Kier alpha value is -2.76. The van der Waals surface area contributed by atoms with Gasteiger partial charge in [-0.2, -0.15) is 0 Å². The monoisotopic (exact) mass is 299 g/mol.